The van der Waals surface area contributed by atoms with Crippen molar-refractivity contribution in [3.63, 3.8) is 0 Å². The lowest BCUT2D eigenvalue weighted by Crippen LogP contribution is -2.32. The van der Waals surface area contributed by atoms with Gasteiger partial charge in [0.15, 0.2) is 0 Å². The molecule has 3 nitrogen and oxygen atoms in total. The molecule has 1 aliphatic rings. The van der Waals surface area contributed by atoms with Gasteiger partial charge in [-0.15, -0.1) is 0 Å². The monoisotopic (exact) mass is 303 g/mol. The van der Waals surface area contributed by atoms with Crippen LogP contribution in [0.4, 0.5) is 5.69 Å². The fraction of sp³-hybridized carbons (Fsp3) is 0.684. The summed E-state index contributed by atoms with van der Waals surface area (Å²) in [5.41, 5.74) is 8.70. The molecule has 124 valence electrons. The lowest BCUT2D eigenvalue weighted by Gasteiger charge is -2.30. The quantitative estimate of drug-likeness (QED) is 0.766. The Morgan fingerprint density at radius 3 is 2.55 bits per heavy atom. The number of hydrogen-bond acceptors (Lipinski definition) is 3. The predicted octanol–water partition coefficient (Wildman–Crippen LogP) is 3.85. The van der Waals surface area contributed by atoms with Crippen molar-refractivity contribution in [1.29, 1.82) is 0 Å². The van der Waals surface area contributed by atoms with Crippen LogP contribution in [0.25, 0.3) is 0 Å². The predicted molar refractivity (Wildman–Crippen MR) is 96.1 cm³/mol. The Kier molecular flexibility index (Phi) is 7.20. The molecule has 0 saturated carbocycles. The molecule has 1 unspecified atom stereocenters. The van der Waals surface area contributed by atoms with E-state index in [4.69, 9.17) is 5.73 Å². The van der Waals surface area contributed by atoms with E-state index in [-0.39, 0.29) is 6.04 Å². The van der Waals surface area contributed by atoms with Crippen molar-refractivity contribution in [3.05, 3.63) is 29.8 Å². The number of nitrogens with one attached hydrogen (secondary N) is 1. The first kappa shape index (κ1) is 17.3. The van der Waals surface area contributed by atoms with E-state index in [0.29, 0.717) is 0 Å². The summed E-state index contributed by atoms with van der Waals surface area (Å²) in [5.74, 6) is 0.903. The lowest BCUT2D eigenvalue weighted by atomic mass is 9.99. The molecule has 2 rings (SSSR count). The van der Waals surface area contributed by atoms with Crippen molar-refractivity contribution < 1.29 is 0 Å². The highest BCUT2D eigenvalue weighted by Gasteiger charge is 2.15. The van der Waals surface area contributed by atoms with E-state index < -0.39 is 0 Å². The summed E-state index contributed by atoms with van der Waals surface area (Å²) < 4.78 is 0. The van der Waals surface area contributed by atoms with Gasteiger partial charge in [0.25, 0.3) is 0 Å². The van der Waals surface area contributed by atoms with Crippen LogP contribution in [0.3, 0.4) is 0 Å². The van der Waals surface area contributed by atoms with Crippen LogP contribution in [-0.4, -0.2) is 30.6 Å². The lowest BCUT2D eigenvalue weighted by molar-refractivity contribution is 0.185. The average Bonchev–Trinajstić information content (AvgIpc) is 2.54. The number of rotatable bonds is 8. The van der Waals surface area contributed by atoms with Gasteiger partial charge < -0.3 is 11.1 Å². The maximum absolute atomic E-state index is 6.10. The first-order valence-electron chi connectivity index (χ1n) is 8.98. The SMILES string of the molecule is CCCCC(N)CNc1ccc(CN2CCC(C)CC2)cc1. The molecule has 0 spiro atoms. The van der Waals surface area contributed by atoms with E-state index in [2.05, 4.69) is 48.3 Å². The summed E-state index contributed by atoms with van der Waals surface area (Å²) >= 11 is 0. The van der Waals surface area contributed by atoms with Crippen molar-refractivity contribution in [2.75, 3.05) is 25.0 Å². The normalized spacial score (nSPS) is 18.3. The molecule has 1 heterocycles. The molecule has 0 aliphatic carbocycles. The molecular formula is C19H33N3. The van der Waals surface area contributed by atoms with Gasteiger partial charge in [-0.1, -0.05) is 38.8 Å². The fourth-order valence-electron chi connectivity index (χ4n) is 3.02. The smallest absolute Gasteiger partial charge is 0.0340 e. The summed E-state index contributed by atoms with van der Waals surface area (Å²) in [6, 6.07) is 9.13. The molecule has 0 radical (unpaired) electrons. The number of unbranched alkanes of at least 4 members (excludes halogenated alkanes) is 1. The van der Waals surface area contributed by atoms with E-state index in [0.717, 1.165) is 25.4 Å². The molecule has 1 aromatic carbocycles. The van der Waals surface area contributed by atoms with Crippen LogP contribution >= 0.6 is 0 Å². The van der Waals surface area contributed by atoms with E-state index in [9.17, 15) is 0 Å². The van der Waals surface area contributed by atoms with E-state index in [1.165, 1.54) is 50.0 Å². The minimum atomic E-state index is 0.259. The van der Waals surface area contributed by atoms with Crippen LogP contribution < -0.4 is 11.1 Å². The number of likely N-dealkylation sites (tertiary alicyclic amines) is 1. The first-order valence-corrected chi connectivity index (χ1v) is 8.98. The topological polar surface area (TPSA) is 41.3 Å². The van der Waals surface area contributed by atoms with Crippen LogP contribution in [-0.2, 0) is 6.54 Å². The summed E-state index contributed by atoms with van der Waals surface area (Å²) in [4.78, 5) is 2.57. The summed E-state index contributed by atoms with van der Waals surface area (Å²) in [5, 5.41) is 3.45. The number of anilines is 1. The Labute approximate surface area is 136 Å². The summed E-state index contributed by atoms with van der Waals surface area (Å²) in [6.45, 7) is 9.01. The zero-order chi connectivity index (χ0) is 15.8. The van der Waals surface area contributed by atoms with Gasteiger partial charge in [0.1, 0.15) is 0 Å². The molecule has 22 heavy (non-hydrogen) atoms. The van der Waals surface area contributed by atoms with Crippen LogP contribution in [0, 0.1) is 5.92 Å². The van der Waals surface area contributed by atoms with E-state index in [1.807, 2.05) is 0 Å². The number of nitrogens with zero attached hydrogens (tertiary/aromatic N) is 1. The van der Waals surface area contributed by atoms with Crippen molar-refractivity contribution in [2.24, 2.45) is 11.7 Å². The third kappa shape index (κ3) is 5.98. The second kappa shape index (κ2) is 9.16. The second-order valence-corrected chi connectivity index (χ2v) is 6.94. The molecule has 1 saturated heterocycles. The van der Waals surface area contributed by atoms with Crippen LogP contribution in [0.2, 0.25) is 0 Å². The largest absolute Gasteiger partial charge is 0.383 e. The third-order valence-corrected chi connectivity index (χ3v) is 4.73. The summed E-state index contributed by atoms with van der Waals surface area (Å²) in [6.07, 6.45) is 6.23. The Morgan fingerprint density at radius 2 is 1.91 bits per heavy atom. The van der Waals surface area contributed by atoms with Gasteiger partial charge in [-0.3, -0.25) is 4.90 Å². The molecule has 1 aromatic rings. The molecule has 1 atom stereocenters. The Bertz CT molecular complexity index is 407. The molecule has 0 bridgehead atoms. The zero-order valence-corrected chi connectivity index (χ0v) is 14.4. The van der Waals surface area contributed by atoms with Crippen molar-refractivity contribution in [3.8, 4) is 0 Å². The van der Waals surface area contributed by atoms with Crippen molar-refractivity contribution >= 4 is 5.69 Å². The second-order valence-electron chi connectivity index (χ2n) is 6.94. The fourth-order valence-corrected chi connectivity index (χ4v) is 3.02. The molecule has 0 amide bonds. The number of hydrogen-bond donors (Lipinski definition) is 2. The average molecular weight is 303 g/mol. The molecule has 3 heteroatoms. The minimum Gasteiger partial charge on any atom is -0.383 e. The number of nitrogens with two attached hydrogens (primary N) is 1. The zero-order valence-electron chi connectivity index (χ0n) is 14.4. The Hall–Kier alpha value is -1.06. The van der Waals surface area contributed by atoms with Crippen LogP contribution in [0.1, 0.15) is 51.5 Å². The van der Waals surface area contributed by atoms with Gasteiger partial charge in [0, 0.05) is 24.8 Å². The van der Waals surface area contributed by atoms with Gasteiger partial charge in [-0.25, -0.2) is 0 Å². The Balaban J connectivity index is 1.73. The number of benzene rings is 1. The molecule has 3 N–H and O–H groups in total. The first-order chi connectivity index (χ1) is 10.7. The maximum Gasteiger partial charge on any atom is 0.0340 e. The molecule has 0 aromatic heterocycles. The third-order valence-electron chi connectivity index (χ3n) is 4.73. The minimum absolute atomic E-state index is 0.259. The van der Waals surface area contributed by atoms with Gasteiger partial charge in [0.2, 0.25) is 0 Å². The highest BCUT2D eigenvalue weighted by molar-refractivity contribution is 5.44. The van der Waals surface area contributed by atoms with Crippen molar-refractivity contribution in [2.45, 2.75) is 58.5 Å². The molecule has 1 fully saturated rings. The molecular weight excluding hydrogens is 270 g/mol. The van der Waals surface area contributed by atoms with Gasteiger partial charge in [-0.05, 0) is 56.0 Å². The van der Waals surface area contributed by atoms with E-state index in [1.54, 1.807) is 0 Å². The highest BCUT2D eigenvalue weighted by atomic mass is 15.1. The number of piperidine rings is 1. The van der Waals surface area contributed by atoms with E-state index >= 15 is 0 Å². The maximum atomic E-state index is 6.10. The van der Waals surface area contributed by atoms with Crippen molar-refractivity contribution in [1.82, 2.24) is 4.90 Å². The Morgan fingerprint density at radius 1 is 1.23 bits per heavy atom. The standard InChI is InChI=1S/C19H33N3/c1-3-4-5-18(20)14-21-19-8-6-17(7-9-19)15-22-12-10-16(2)11-13-22/h6-9,16,18,21H,3-5,10-15,20H2,1-2H3. The summed E-state index contributed by atoms with van der Waals surface area (Å²) in [7, 11) is 0. The van der Waals surface area contributed by atoms with Crippen LogP contribution in [0.5, 0.6) is 0 Å². The highest BCUT2D eigenvalue weighted by Crippen LogP contribution is 2.19. The molecule has 1 aliphatic heterocycles. The van der Waals surface area contributed by atoms with Gasteiger partial charge >= 0.3 is 0 Å². The van der Waals surface area contributed by atoms with Crippen LogP contribution in [0.15, 0.2) is 24.3 Å². The van der Waals surface area contributed by atoms with Gasteiger partial charge in [-0.2, -0.15) is 0 Å². The van der Waals surface area contributed by atoms with Gasteiger partial charge in [0.05, 0.1) is 0 Å².